The Morgan fingerprint density at radius 2 is 1.69 bits per heavy atom. The number of aliphatic carboxylic acids is 1. The summed E-state index contributed by atoms with van der Waals surface area (Å²) in [7, 11) is 0. The molecule has 0 bridgehead atoms. The van der Waals surface area contributed by atoms with Gasteiger partial charge in [0.05, 0.1) is 0 Å². The van der Waals surface area contributed by atoms with Crippen LogP contribution in [0.2, 0.25) is 0 Å². The van der Waals surface area contributed by atoms with Gasteiger partial charge in [0.2, 0.25) is 0 Å². The van der Waals surface area contributed by atoms with Crippen LogP contribution in [0.25, 0.3) is 0 Å². The molecule has 0 aliphatic heterocycles. The minimum Gasteiger partial charge on any atom is -0.478 e. The van der Waals surface area contributed by atoms with E-state index < -0.39 is 5.97 Å². The molecule has 0 aromatic carbocycles. The quantitative estimate of drug-likeness (QED) is 0.565. The molecule has 0 rings (SSSR count). The number of rotatable bonds is 5. The summed E-state index contributed by atoms with van der Waals surface area (Å²) in [5.74, 6) is -0.887. The summed E-state index contributed by atoms with van der Waals surface area (Å²) < 4.78 is 0. The van der Waals surface area contributed by atoms with Crippen LogP contribution in [0.15, 0.2) is 24.3 Å². The zero-order valence-electron chi connectivity index (χ0n) is 11.1. The Kier molecular flexibility index (Phi) is 5.49. The van der Waals surface area contributed by atoms with E-state index in [4.69, 9.17) is 5.11 Å². The molecule has 0 aliphatic rings. The van der Waals surface area contributed by atoms with Crippen molar-refractivity contribution in [2.45, 2.75) is 47.5 Å². The molecule has 0 aliphatic carbocycles. The van der Waals surface area contributed by atoms with E-state index in [1.54, 1.807) is 6.08 Å². The van der Waals surface area contributed by atoms with E-state index in [9.17, 15) is 4.79 Å². The molecule has 0 amide bonds. The third kappa shape index (κ3) is 9.50. The molecule has 0 radical (unpaired) electrons. The van der Waals surface area contributed by atoms with Crippen molar-refractivity contribution in [1.82, 2.24) is 0 Å². The van der Waals surface area contributed by atoms with Crippen molar-refractivity contribution in [3.63, 3.8) is 0 Å². The number of hydrogen-bond donors (Lipinski definition) is 1. The lowest BCUT2D eigenvalue weighted by Gasteiger charge is -2.29. The van der Waals surface area contributed by atoms with Crippen molar-refractivity contribution in [3.05, 3.63) is 24.3 Å². The molecule has 0 atom stereocenters. The van der Waals surface area contributed by atoms with Crippen LogP contribution in [0.4, 0.5) is 0 Å². The van der Waals surface area contributed by atoms with E-state index in [0.717, 1.165) is 6.42 Å². The molecular weight excluding hydrogens is 200 g/mol. The van der Waals surface area contributed by atoms with E-state index in [1.807, 2.05) is 6.08 Å². The molecule has 2 nitrogen and oxygen atoms in total. The number of carboxylic acids is 1. The first-order valence-electron chi connectivity index (χ1n) is 5.70. The molecule has 0 saturated carbocycles. The topological polar surface area (TPSA) is 37.3 Å². The van der Waals surface area contributed by atoms with Crippen LogP contribution in [0.3, 0.4) is 0 Å². The minimum absolute atomic E-state index is 0.162. The highest BCUT2D eigenvalue weighted by Crippen LogP contribution is 2.34. The second-order valence-corrected chi connectivity index (χ2v) is 6.10. The van der Waals surface area contributed by atoms with Crippen LogP contribution in [0.5, 0.6) is 0 Å². The van der Waals surface area contributed by atoms with Gasteiger partial charge in [0.15, 0.2) is 0 Å². The van der Waals surface area contributed by atoms with E-state index in [-0.39, 0.29) is 5.41 Å². The maximum Gasteiger partial charge on any atom is 0.327 e. The fraction of sp³-hybridized carbons (Fsp3) is 0.643. The van der Waals surface area contributed by atoms with Gasteiger partial charge in [-0.05, 0) is 23.7 Å². The average molecular weight is 224 g/mol. The lowest BCUT2D eigenvalue weighted by molar-refractivity contribution is -0.131. The molecule has 0 fully saturated rings. The molecule has 2 heteroatoms. The Labute approximate surface area is 99.1 Å². The normalized spacial score (nSPS) is 13.8. The molecule has 0 unspecified atom stereocenters. The summed E-state index contributed by atoms with van der Waals surface area (Å²) in [6.45, 7) is 11.1. The van der Waals surface area contributed by atoms with Crippen LogP contribution >= 0.6 is 0 Å². The number of hydrogen-bond acceptors (Lipinski definition) is 1. The van der Waals surface area contributed by atoms with Crippen LogP contribution in [-0.2, 0) is 4.79 Å². The lowest BCUT2D eigenvalue weighted by atomic mass is 9.76. The Hall–Kier alpha value is -1.05. The highest BCUT2D eigenvalue weighted by atomic mass is 16.4. The van der Waals surface area contributed by atoms with E-state index >= 15 is 0 Å². The van der Waals surface area contributed by atoms with E-state index in [0.29, 0.717) is 11.8 Å². The zero-order chi connectivity index (χ0) is 12.8. The van der Waals surface area contributed by atoms with Crippen LogP contribution < -0.4 is 0 Å². The van der Waals surface area contributed by atoms with Crippen LogP contribution in [0, 0.1) is 10.8 Å². The largest absolute Gasteiger partial charge is 0.478 e. The molecule has 0 aromatic heterocycles. The Balaban J connectivity index is 4.16. The monoisotopic (exact) mass is 224 g/mol. The summed E-state index contributed by atoms with van der Waals surface area (Å²) in [5.41, 5.74) is 0.472. The van der Waals surface area contributed by atoms with Crippen molar-refractivity contribution < 1.29 is 9.90 Å². The Morgan fingerprint density at radius 1 is 1.12 bits per heavy atom. The summed E-state index contributed by atoms with van der Waals surface area (Å²) in [5, 5.41) is 8.41. The van der Waals surface area contributed by atoms with Crippen molar-refractivity contribution >= 4 is 5.97 Å². The van der Waals surface area contributed by atoms with Gasteiger partial charge in [0.25, 0.3) is 0 Å². The SMILES string of the molecule is CC(C)(C)CC(C)(C)/C=C/C/C=C/C(=O)O. The smallest absolute Gasteiger partial charge is 0.327 e. The fourth-order valence-electron chi connectivity index (χ4n) is 2.06. The first-order chi connectivity index (χ1) is 7.12. The number of carboxylic acid groups (broad SMARTS) is 1. The van der Waals surface area contributed by atoms with Crippen LogP contribution in [-0.4, -0.2) is 11.1 Å². The van der Waals surface area contributed by atoms with Gasteiger partial charge in [0.1, 0.15) is 0 Å². The highest BCUT2D eigenvalue weighted by Gasteiger charge is 2.22. The molecule has 1 N–H and O–H groups in total. The minimum atomic E-state index is -0.887. The van der Waals surface area contributed by atoms with Gasteiger partial charge in [-0.2, -0.15) is 0 Å². The molecule has 92 valence electrons. The van der Waals surface area contributed by atoms with Crippen molar-refractivity contribution in [1.29, 1.82) is 0 Å². The van der Waals surface area contributed by atoms with Crippen molar-refractivity contribution in [3.8, 4) is 0 Å². The van der Waals surface area contributed by atoms with Gasteiger partial charge in [-0.15, -0.1) is 0 Å². The Bertz CT molecular complexity index is 278. The first-order valence-corrected chi connectivity index (χ1v) is 5.70. The Morgan fingerprint density at radius 3 is 2.12 bits per heavy atom. The predicted molar refractivity (Wildman–Crippen MR) is 68.4 cm³/mol. The zero-order valence-corrected chi connectivity index (χ0v) is 11.1. The maximum absolute atomic E-state index is 10.2. The van der Waals surface area contributed by atoms with E-state index in [1.165, 1.54) is 6.08 Å². The van der Waals surface area contributed by atoms with Crippen LogP contribution in [0.1, 0.15) is 47.5 Å². The highest BCUT2D eigenvalue weighted by molar-refractivity contribution is 5.79. The van der Waals surface area contributed by atoms with E-state index in [2.05, 4.69) is 40.7 Å². The molecular formula is C14H24O2. The molecule has 0 aromatic rings. The van der Waals surface area contributed by atoms with Gasteiger partial charge >= 0.3 is 5.97 Å². The lowest BCUT2D eigenvalue weighted by Crippen LogP contribution is -2.18. The summed E-state index contributed by atoms with van der Waals surface area (Å²) >= 11 is 0. The van der Waals surface area contributed by atoms with Gasteiger partial charge < -0.3 is 5.11 Å². The molecule has 0 spiro atoms. The molecule has 16 heavy (non-hydrogen) atoms. The second-order valence-electron chi connectivity index (χ2n) is 6.10. The first kappa shape index (κ1) is 14.9. The molecule has 0 heterocycles. The summed E-state index contributed by atoms with van der Waals surface area (Å²) in [6.07, 6.45) is 8.84. The third-order valence-corrected chi connectivity index (χ3v) is 2.09. The van der Waals surface area contributed by atoms with Gasteiger partial charge in [-0.1, -0.05) is 52.8 Å². The maximum atomic E-state index is 10.2. The summed E-state index contributed by atoms with van der Waals surface area (Å²) in [6, 6.07) is 0. The standard InChI is InChI=1S/C14H24O2/c1-13(2,3)11-14(4,5)10-8-6-7-9-12(15)16/h7-10H,6,11H2,1-5H3,(H,15,16)/b9-7+,10-8+. The van der Waals surface area contributed by atoms with Gasteiger partial charge in [0, 0.05) is 6.08 Å². The fourth-order valence-corrected chi connectivity index (χ4v) is 2.06. The number of carbonyl (C=O) groups is 1. The molecule has 0 saturated heterocycles. The van der Waals surface area contributed by atoms with Gasteiger partial charge in [-0.3, -0.25) is 0 Å². The van der Waals surface area contributed by atoms with Crippen molar-refractivity contribution in [2.24, 2.45) is 10.8 Å². The second kappa shape index (κ2) is 5.88. The number of allylic oxidation sites excluding steroid dienone is 3. The predicted octanol–water partition coefficient (Wildman–Crippen LogP) is 4.04. The average Bonchev–Trinajstić information content (AvgIpc) is 1.97. The third-order valence-electron chi connectivity index (χ3n) is 2.09. The van der Waals surface area contributed by atoms with Gasteiger partial charge in [-0.25, -0.2) is 4.79 Å². The summed E-state index contributed by atoms with van der Waals surface area (Å²) in [4.78, 5) is 10.2. The van der Waals surface area contributed by atoms with Crippen molar-refractivity contribution in [2.75, 3.05) is 0 Å².